The van der Waals surface area contributed by atoms with E-state index in [2.05, 4.69) is 19.2 Å². The number of fused-ring (bicyclic) bond motifs is 1. The van der Waals surface area contributed by atoms with Gasteiger partial charge in [-0.05, 0) is 12.1 Å². The highest BCUT2D eigenvalue weighted by atomic mass is 32.2. The van der Waals surface area contributed by atoms with Gasteiger partial charge in [-0.2, -0.15) is 26.3 Å². The van der Waals surface area contributed by atoms with Gasteiger partial charge in [0.05, 0.1) is 11.2 Å². The Bertz CT molecular complexity index is 1170. The summed E-state index contributed by atoms with van der Waals surface area (Å²) in [6, 6.07) is 10.1. The molecule has 3 rings (SSSR count). The number of halogens is 6. The highest BCUT2D eigenvalue weighted by Crippen LogP contribution is 2.31. The number of hydrogen-bond donors (Lipinski definition) is 1. The van der Waals surface area contributed by atoms with Crippen LogP contribution >= 0.6 is 0 Å². The number of para-hydroxylation sites is 1. The highest BCUT2D eigenvalue weighted by Gasteiger charge is 2.30. The van der Waals surface area contributed by atoms with E-state index in [9.17, 15) is 34.8 Å². The Kier molecular flexibility index (Phi) is 6.39. The van der Waals surface area contributed by atoms with Crippen LogP contribution in [0.4, 0.5) is 32.0 Å². The van der Waals surface area contributed by atoms with Gasteiger partial charge in [-0.3, -0.25) is 9.71 Å². The zero-order valence-electron chi connectivity index (χ0n) is 15.9. The summed E-state index contributed by atoms with van der Waals surface area (Å²) in [5.41, 5.74) is -0.240. The van der Waals surface area contributed by atoms with Crippen molar-refractivity contribution in [3.05, 3.63) is 54.7 Å². The number of nitrogens with zero attached hydrogens (tertiary/aromatic N) is 1. The molecule has 0 bridgehead atoms. The Morgan fingerprint density at radius 1 is 0.844 bits per heavy atom. The first kappa shape index (κ1) is 23.4. The molecule has 0 saturated carbocycles. The normalized spacial score (nSPS) is 12.6. The molecule has 13 heteroatoms. The third-order valence-corrected chi connectivity index (χ3v) is 5.24. The second-order valence-electron chi connectivity index (χ2n) is 6.44. The number of aromatic nitrogens is 1. The predicted octanol–water partition coefficient (Wildman–Crippen LogP) is 4.92. The van der Waals surface area contributed by atoms with Crippen molar-refractivity contribution in [2.24, 2.45) is 0 Å². The van der Waals surface area contributed by atoms with Crippen molar-refractivity contribution in [2.45, 2.75) is 17.2 Å². The van der Waals surface area contributed by atoms with Crippen LogP contribution in [0.3, 0.4) is 0 Å². The van der Waals surface area contributed by atoms with Gasteiger partial charge in [0.15, 0.2) is 13.2 Å². The molecule has 3 aromatic rings. The van der Waals surface area contributed by atoms with Crippen LogP contribution in [0.1, 0.15) is 0 Å². The molecule has 0 aliphatic carbocycles. The molecule has 0 aliphatic heterocycles. The number of hydrogen-bond acceptors (Lipinski definition) is 5. The van der Waals surface area contributed by atoms with Crippen LogP contribution in [-0.2, 0) is 10.0 Å². The van der Waals surface area contributed by atoms with E-state index >= 15 is 0 Å². The fourth-order valence-corrected chi connectivity index (χ4v) is 3.85. The number of pyridine rings is 1. The van der Waals surface area contributed by atoms with E-state index in [0.717, 1.165) is 18.2 Å². The molecule has 6 nitrogen and oxygen atoms in total. The second kappa shape index (κ2) is 8.73. The summed E-state index contributed by atoms with van der Waals surface area (Å²) in [6.07, 6.45) is -8.08. The molecule has 0 saturated heterocycles. The topological polar surface area (TPSA) is 77.5 Å². The van der Waals surface area contributed by atoms with Crippen LogP contribution in [0.2, 0.25) is 0 Å². The van der Waals surface area contributed by atoms with Gasteiger partial charge in [0.2, 0.25) is 0 Å². The van der Waals surface area contributed by atoms with Gasteiger partial charge < -0.3 is 9.47 Å². The summed E-state index contributed by atoms with van der Waals surface area (Å²) in [6.45, 7) is -3.48. The predicted molar refractivity (Wildman–Crippen MR) is 102 cm³/mol. The van der Waals surface area contributed by atoms with Crippen molar-refractivity contribution in [3.63, 3.8) is 0 Å². The Labute approximate surface area is 177 Å². The molecule has 32 heavy (non-hydrogen) atoms. The Hall–Kier alpha value is -3.22. The van der Waals surface area contributed by atoms with Gasteiger partial charge in [0.25, 0.3) is 10.0 Å². The maximum absolute atomic E-state index is 12.9. The Balaban J connectivity index is 1.95. The molecule has 0 amide bonds. The van der Waals surface area contributed by atoms with Crippen molar-refractivity contribution >= 4 is 26.6 Å². The number of benzene rings is 2. The zero-order valence-corrected chi connectivity index (χ0v) is 16.7. The molecular weight excluding hydrogens is 466 g/mol. The van der Waals surface area contributed by atoms with Gasteiger partial charge in [-0.1, -0.05) is 18.2 Å². The summed E-state index contributed by atoms with van der Waals surface area (Å²) in [7, 11) is -4.33. The maximum Gasteiger partial charge on any atom is 0.422 e. The summed E-state index contributed by atoms with van der Waals surface area (Å²) >= 11 is 0. The van der Waals surface area contributed by atoms with Crippen LogP contribution in [0.5, 0.6) is 11.5 Å². The molecule has 2 aromatic carbocycles. The fraction of sp³-hybridized carbons (Fsp3) is 0.211. The molecule has 0 fully saturated rings. The standard InChI is InChI=1S/C19H14F6N2O4S/c20-18(21,22)10-30-14-7-13(8-15(9-14)31-11-19(23,24)25)27-32(28,29)16-5-1-3-12-4-2-6-26-17(12)16/h1-9,27H,10-11H2. The average molecular weight is 480 g/mol. The molecule has 1 heterocycles. The van der Waals surface area contributed by atoms with E-state index in [0.29, 0.717) is 5.39 Å². The van der Waals surface area contributed by atoms with E-state index in [-0.39, 0.29) is 16.1 Å². The smallest absolute Gasteiger partial charge is 0.422 e. The molecule has 1 aromatic heterocycles. The first-order chi connectivity index (χ1) is 14.8. The lowest BCUT2D eigenvalue weighted by molar-refractivity contribution is -0.153. The van der Waals surface area contributed by atoms with Crippen molar-refractivity contribution in [1.82, 2.24) is 4.98 Å². The average Bonchev–Trinajstić information content (AvgIpc) is 2.69. The number of ether oxygens (including phenoxy) is 2. The minimum Gasteiger partial charge on any atom is -0.484 e. The second-order valence-corrected chi connectivity index (χ2v) is 8.09. The monoisotopic (exact) mass is 480 g/mol. The molecule has 0 spiro atoms. The number of rotatable bonds is 7. The van der Waals surface area contributed by atoms with Crippen molar-refractivity contribution in [3.8, 4) is 11.5 Å². The fourth-order valence-electron chi connectivity index (χ4n) is 2.63. The minimum atomic E-state index is -4.73. The summed E-state index contributed by atoms with van der Waals surface area (Å²) in [4.78, 5) is 3.78. The van der Waals surface area contributed by atoms with Crippen molar-refractivity contribution in [2.75, 3.05) is 17.9 Å². The van der Waals surface area contributed by atoms with E-state index in [4.69, 9.17) is 0 Å². The SMILES string of the molecule is O=S(=O)(Nc1cc(OCC(F)(F)F)cc(OCC(F)(F)F)c1)c1cccc2cccnc12. The van der Waals surface area contributed by atoms with Crippen molar-refractivity contribution in [1.29, 1.82) is 0 Å². The summed E-state index contributed by atoms with van der Waals surface area (Å²) in [5, 5.41) is 0.506. The molecule has 0 aliphatic rings. The van der Waals surface area contributed by atoms with Crippen LogP contribution in [0.15, 0.2) is 59.6 Å². The van der Waals surface area contributed by atoms with Gasteiger partial charge >= 0.3 is 12.4 Å². The highest BCUT2D eigenvalue weighted by molar-refractivity contribution is 7.93. The Morgan fingerprint density at radius 3 is 1.97 bits per heavy atom. The summed E-state index contributed by atoms with van der Waals surface area (Å²) in [5.74, 6) is -1.09. The zero-order chi connectivity index (χ0) is 23.6. The number of alkyl halides is 6. The number of sulfonamides is 1. The first-order valence-electron chi connectivity index (χ1n) is 8.73. The Morgan fingerprint density at radius 2 is 1.41 bits per heavy atom. The maximum atomic E-state index is 12.9. The van der Waals surface area contributed by atoms with Crippen LogP contribution in [-0.4, -0.2) is 39.0 Å². The van der Waals surface area contributed by atoms with E-state index < -0.39 is 47.1 Å². The van der Waals surface area contributed by atoms with Crippen LogP contribution < -0.4 is 14.2 Å². The third kappa shape index (κ3) is 6.39. The number of anilines is 1. The number of nitrogens with one attached hydrogen (secondary N) is 1. The first-order valence-corrected chi connectivity index (χ1v) is 10.2. The van der Waals surface area contributed by atoms with E-state index in [1.165, 1.54) is 18.3 Å². The lowest BCUT2D eigenvalue weighted by Gasteiger charge is -2.15. The van der Waals surface area contributed by atoms with E-state index in [1.807, 2.05) is 0 Å². The molecule has 0 atom stereocenters. The molecule has 172 valence electrons. The third-order valence-electron chi connectivity index (χ3n) is 3.82. The lowest BCUT2D eigenvalue weighted by Crippen LogP contribution is -2.20. The minimum absolute atomic E-state index is 0.125. The summed E-state index contributed by atoms with van der Waals surface area (Å²) < 4.78 is 112. The lowest BCUT2D eigenvalue weighted by atomic mass is 10.2. The van der Waals surface area contributed by atoms with Crippen molar-refractivity contribution < 1.29 is 44.2 Å². The van der Waals surface area contributed by atoms with Crippen LogP contribution in [0, 0.1) is 0 Å². The van der Waals surface area contributed by atoms with Crippen LogP contribution in [0.25, 0.3) is 10.9 Å². The molecule has 0 radical (unpaired) electrons. The molecular formula is C19H14F6N2O4S. The largest absolute Gasteiger partial charge is 0.484 e. The van der Waals surface area contributed by atoms with Gasteiger partial charge in [0, 0.05) is 29.8 Å². The van der Waals surface area contributed by atoms with Gasteiger partial charge in [0.1, 0.15) is 16.4 Å². The molecule has 1 N–H and O–H groups in total. The van der Waals surface area contributed by atoms with Gasteiger partial charge in [-0.25, -0.2) is 8.42 Å². The molecule has 0 unspecified atom stereocenters. The van der Waals surface area contributed by atoms with Gasteiger partial charge in [-0.15, -0.1) is 0 Å². The van der Waals surface area contributed by atoms with E-state index in [1.54, 1.807) is 18.2 Å². The quantitative estimate of drug-likeness (QED) is 0.486.